The van der Waals surface area contributed by atoms with Crippen molar-refractivity contribution < 1.29 is 9.47 Å². The van der Waals surface area contributed by atoms with E-state index < -0.39 is 0 Å². The fraction of sp³-hybridized carbons (Fsp3) is 0.542. The molecule has 0 aromatic carbocycles. The number of rotatable bonds is 7. The van der Waals surface area contributed by atoms with Crippen LogP contribution in [0.4, 0.5) is 11.6 Å². The Labute approximate surface area is 204 Å². The predicted molar refractivity (Wildman–Crippen MR) is 135 cm³/mol. The Bertz CT molecular complexity index is 1350. The lowest BCUT2D eigenvalue weighted by Crippen LogP contribution is -2.44. The molecule has 11 heteroatoms. The first-order valence-corrected chi connectivity index (χ1v) is 12.1. The van der Waals surface area contributed by atoms with Gasteiger partial charge in [-0.1, -0.05) is 0 Å². The van der Waals surface area contributed by atoms with E-state index in [1.807, 2.05) is 23.7 Å². The molecule has 0 spiro atoms. The zero-order chi connectivity index (χ0) is 24.7. The van der Waals surface area contributed by atoms with E-state index in [1.54, 1.807) is 7.11 Å². The third-order valence-corrected chi connectivity index (χ3v) is 6.29. The lowest BCUT2D eigenvalue weighted by atomic mass is 10.2. The SMILES string of the molecule is COC[C@H](C)n1c(-c2cn3c(C)nnc3c(NC(C)C)n2)nc2cnc(N3CCOC[C@@H]3C)cc21. The Hall–Kier alpha value is -3.31. The molecule has 0 bridgehead atoms. The molecule has 5 rings (SSSR count). The lowest BCUT2D eigenvalue weighted by Gasteiger charge is -2.34. The number of ether oxygens (including phenoxy) is 2. The van der Waals surface area contributed by atoms with Gasteiger partial charge in [0.15, 0.2) is 11.6 Å². The number of aromatic nitrogens is 7. The zero-order valence-electron chi connectivity index (χ0n) is 21.2. The van der Waals surface area contributed by atoms with Gasteiger partial charge in [0.2, 0.25) is 5.65 Å². The first-order valence-electron chi connectivity index (χ1n) is 12.1. The van der Waals surface area contributed by atoms with Gasteiger partial charge in [-0.25, -0.2) is 15.0 Å². The Balaban J connectivity index is 1.70. The van der Waals surface area contributed by atoms with Crippen LogP contribution in [0.1, 0.15) is 39.6 Å². The van der Waals surface area contributed by atoms with E-state index >= 15 is 0 Å². The number of morpholine rings is 1. The molecular formula is C24H33N9O2. The summed E-state index contributed by atoms with van der Waals surface area (Å²) in [6.07, 6.45) is 3.80. The molecule has 4 aromatic heterocycles. The fourth-order valence-electron chi connectivity index (χ4n) is 4.64. The minimum atomic E-state index is 0.0263. The average Bonchev–Trinajstić information content (AvgIpc) is 3.39. The molecule has 0 saturated carbocycles. The second-order valence-corrected chi connectivity index (χ2v) is 9.47. The molecule has 1 aliphatic heterocycles. The van der Waals surface area contributed by atoms with E-state index in [0.717, 1.165) is 40.7 Å². The molecule has 4 aromatic rings. The summed E-state index contributed by atoms with van der Waals surface area (Å²) in [5.41, 5.74) is 3.23. The van der Waals surface area contributed by atoms with Crippen molar-refractivity contribution in [3.05, 3.63) is 24.3 Å². The Morgan fingerprint density at radius 2 is 2.06 bits per heavy atom. The van der Waals surface area contributed by atoms with Crippen LogP contribution >= 0.6 is 0 Å². The Morgan fingerprint density at radius 3 is 2.80 bits per heavy atom. The van der Waals surface area contributed by atoms with Crippen molar-refractivity contribution in [2.75, 3.05) is 43.7 Å². The maximum absolute atomic E-state index is 5.62. The van der Waals surface area contributed by atoms with Gasteiger partial charge in [0.1, 0.15) is 22.9 Å². The minimum absolute atomic E-state index is 0.0263. The smallest absolute Gasteiger partial charge is 0.203 e. The van der Waals surface area contributed by atoms with Crippen LogP contribution in [0.15, 0.2) is 18.5 Å². The number of hydrogen-bond donors (Lipinski definition) is 1. The highest BCUT2D eigenvalue weighted by atomic mass is 16.5. The van der Waals surface area contributed by atoms with Crippen LogP contribution in [-0.2, 0) is 9.47 Å². The summed E-state index contributed by atoms with van der Waals surface area (Å²) in [6.45, 7) is 13.1. The van der Waals surface area contributed by atoms with Crippen molar-refractivity contribution in [1.29, 1.82) is 0 Å². The molecule has 0 aliphatic carbocycles. The fourth-order valence-corrected chi connectivity index (χ4v) is 4.64. The van der Waals surface area contributed by atoms with Gasteiger partial charge in [0, 0.05) is 32.0 Å². The van der Waals surface area contributed by atoms with Crippen LogP contribution < -0.4 is 10.2 Å². The number of imidazole rings is 1. The molecular weight excluding hydrogens is 446 g/mol. The summed E-state index contributed by atoms with van der Waals surface area (Å²) in [7, 11) is 1.72. The molecule has 0 amide bonds. The molecule has 0 radical (unpaired) electrons. The number of aryl methyl sites for hydroxylation is 1. The number of nitrogens with zero attached hydrogens (tertiary/aromatic N) is 8. The third kappa shape index (κ3) is 4.30. The third-order valence-electron chi connectivity index (χ3n) is 6.29. The number of nitrogens with one attached hydrogen (secondary N) is 1. The molecule has 1 aliphatic rings. The van der Waals surface area contributed by atoms with Gasteiger partial charge in [0.05, 0.1) is 43.6 Å². The van der Waals surface area contributed by atoms with Crippen LogP contribution in [-0.4, -0.2) is 79.7 Å². The summed E-state index contributed by atoms with van der Waals surface area (Å²) in [5, 5.41) is 12.0. The summed E-state index contributed by atoms with van der Waals surface area (Å²) in [5.74, 6) is 3.14. The lowest BCUT2D eigenvalue weighted by molar-refractivity contribution is 0.0985. The van der Waals surface area contributed by atoms with Crippen LogP contribution in [0.5, 0.6) is 0 Å². The quantitative estimate of drug-likeness (QED) is 0.428. The second kappa shape index (κ2) is 9.38. The van der Waals surface area contributed by atoms with E-state index in [1.165, 1.54) is 0 Å². The van der Waals surface area contributed by atoms with Gasteiger partial charge < -0.3 is 24.3 Å². The van der Waals surface area contributed by atoms with Crippen LogP contribution in [0, 0.1) is 6.92 Å². The Kier molecular flexibility index (Phi) is 6.28. The summed E-state index contributed by atoms with van der Waals surface area (Å²) >= 11 is 0. The maximum Gasteiger partial charge on any atom is 0.203 e. The second-order valence-electron chi connectivity index (χ2n) is 9.47. The van der Waals surface area contributed by atoms with Crippen molar-refractivity contribution in [2.24, 2.45) is 0 Å². The van der Waals surface area contributed by atoms with E-state index in [4.69, 9.17) is 24.4 Å². The van der Waals surface area contributed by atoms with E-state index in [9.17, 15) is 0 Å². The highest BCUT2D eigenvalue weighted by molar-refractivity contribution is 5.82. The first-order chi connectivity index (χ1) is 16.9. The largest absolute Gasteiger partial charge is 0.383 e. The van der Waals surface area contributed by atoms with Crippen molar-refractivity contribution in [3.63, 3.8) is 0 Å². The number of anilines is 2. The van der Waals surface area contributed by atoms with Gasteiger partial charge >= 0.3 is 0 Å². The van der Waals surface area contributed by atoms with Gasteiger partial charge in [-0.05, 0) is 34.6 Å². The van der Waals surface area contributed by atoms with Gasteiger partial charge in [-0.15, -0.1) is 10.2 Å². The van der Waals surface area contributed by atoms with E-state index in [2.05, 4.69) is 58.7 Å². The normalized spacial score (nSPS) is 17.6. The summed E-state index contributed by atoms with van der Waals surface area (Å²) < 4.78 is 15.3. The number of fused-ring (bicyclic) bond motifs is 2. The van der Waals surface area contributed by atoms with Crippen LogP contribution in [0.25, 0.3) is 28.2 Å². The summed E-state index contributed by atoms with van der Waals surface area (Å²) in [4.78, 5) is 17.0. The van der Waals surface area contributed by atoms with Crippen molar-refractivity contribution in [1.82, 2.24) is 34.1 Å². The standard InChI is InChI=1S/C24H33N9O2/c1-14(2)26-22-24-30-29-17(5)32(24)11-19(27-22)23-28-18-10-25-21(31-7-8-35-13-15(31)3)9-20(18)33(23)16(4)12-34-6/h9-11,14-16H,7-8,12-13H2,1-6H3,(H,26,27)/t15-,16-/m0/s1. The number of hydrogen-bond acceptors (Lipinski definition) is 9. The van der Waals surface area contributed by atoms with Crippen molar-refractivity contribution in [3.8, 4) is 11.5 Å². The molecule has 0 unspecified atom stereocenters. The zero-order valence-corrected chi connectivity index (χ0v) is 21.2. The Morgan fingerprint density at radius 1 is 1.23 bits per heavy atom. The van der Waals surface area contributed by atoms with Gasteiger partial charge in [0.25, 0.3) is 0 Å². The molecule has 186 valence electrons. The molecule has 1 N–H and O–H groups in total. The van der Waals surface area contributed by atoms with Crippen LogP contribution in [0.2, 0.25) is 0 Å². The van der Waals surface area contributed by atoms with E-state index in [0.29, 0.717) is 31.3 Å². The average molecular weight is 480 g/mol. The molecule has 35 heavy (non-hydrogen) atoms. The van der Waals surface area contributed by atoms with Gasteiger partial charge in [-0.2, -0.15) is 0 Å². The topological polar surface area (TPSA) is 108 Å². The highest BCUT2D eigenvalue weighted by Crippen LogP contribution is 2.31. The van der Waals surface area contributed by atoms with Gasteiger partial charge in [-0.3, -0.25) is 4.40 Å². The highest BCUT2D eigenvalue weighted by Gasteiger charge is 2.25. The maximum atomic E-state index is 5.62. The summed E-state index contributed by atoms with van der Waals surface area (Å²) in [6, 6.07) is 2.59. The molecule has 11 nitrogen and oxygen atoms in total. The minimum Gasteiger partial charge on any atom is -0.383 e. The van der Waals surface area contributed by atoms with E-state index in [-0.39, 0.29) is 18.1 Å². The van der Waals surface area contributed by atoms with Crippen molar-refractivity contribution in [2.45, 2.75) is 52.7 Å². The molecule has 5 heterocycles. The molecule has 2 atom stereocenters. The number of pyridine rings is 1. The van der Waals surface area contributed by atoms with Crippen LogP contribution in [0.3, 0.4) is 0 Å². The molecule has 1 saturated heterocycles. The number of methoxy groups -OCH3 is 1. The first kappa shape index (κ1) is 23.4. The van der Waals surface area contributed by atoms with Crippen molar-refractivity contribution >= 4 is 28.3 Å². The molecule has 1 fully saturated rings. The monoisotopic (exact) mass is 479 g/mol. The predicted octanol–water partition coefficient (Wildman–Crippen LogP) is 3.10.